The van der Waals surface area contributed by atoms with Crippen molar-refractivity contribution in [2.24, 2.45) is 0 Å². The van der Waals surface area contributed by atoms with E-state index in [1.54, 1.807) is 9.25 Å². The van der Waals surface area contributed by atoms with E-state index in [1.807, 2.05) is 80.8 Å². The number of anilines is 1. The van der Waals surface area contributed by atoms with Crippen LogP contribution in [-0.4, -0.2) is 44.1 Å². The second-order valence-corrected chi connectivity index (χ2v) is 7.99. The highest BCUT2D eigenvalue weighted by Gasteiger charge is 2.21. The summed E-state index contributed by atoms with van der Waals surface area (Å²) in [6, 6.07) is 19.0. The molecule has 0 atom stereocenters. The first-order valence-electron chi connectivity index (χ1n) is 10.3. The molecule has 0 aliphatic carbocycles. The van der Waals surface area contributed by atoms with Crippen molar-refractivity contribution in [2.45, 2.75) is 19.0 Å². The van der Waals surface area contributed by atoms with Crippen LogP contribution in [0.3, 0.4) is 0 Å². The van der Waals surface area contributed by atoms with Crippen LogP contribution >= 0.6 is 11.8 Å². The van der Waals surface area contributed by atoms with E-state index in [-0.39, 0.29) is 5.69 Å². The highest BCUT2D eigenvalue weighted by Crippen LogP contribution is 2.24. The Kier molecular flexibility index (Phi) is 6.60. The molecule has 4 aromatic rings. The fourth-order valence-electron chi connectivity index (χ4n) is 3.47. The number of carbonyl (C=O) groups excluding carboxylic acids is 2. The molecule has 168 valence electrons. The lowest BCUT2D eigenvalue weighted by atomic mass is 10.3. The molecule has 0 fully saturated rings. The maximum absolute atomic E-state index is 12.8. The molecule has 2 aromatic carbocycles. The number of nitrogens with zero attached hydrogens (tertiary/aromatic N) is 4. The lowest BCUT2D eigenvalue weighted by molar-refractivity contribution is -0.119. The zero-order valence-corrected chi connectivity index (χ0v) is 19.3. The van der Waals surface area contributed by atoms with Gasteiger partial charge in [-0.1, -0.05) is 48.2 Å². The first-order chi connectivity index (χ1) is 16.0. The van der Waals surface area contributed by atoms with Gasteiger partial charge in [-0.2, -0.15) is 5.10 Å². The van der Waals surface area contributed by atoms with Gasteiger partial charge in [0, 0.05) is 5.69 Å². The van der Waals surface area contributed by atoms with Gasteiger partial charge in [-0.05, 0) is 44.4 Å². The Hall–Kier alpha value is -3.85. The summed E-state index contributed by atoms with van der Waals surface area (Å²) in [6.07, 6.45) is 3.34. The summed E-state index contributed by atoms with van der Waals surface area (Å²) in [6.45, 7) is 3.26. The number of imidazole rings is 1. The Morgan fingerprint density at radius 1 is 1.00 bits per heavy atom. The Labute approximate surface area is 195 Å². The molecule has 4 rings (SSSR count). The fraction of sp³-hybridized carbons (Fsp3) is 0.167. The minimum Gasteiger partial charge on any atom is -0.451 e. The van der Waals surface area contributed by atoms with Gasteiger partial charge >= 0.3 is 5.97 Å². The Morgan fingerprint density at radius 2 is 1.64 bits per heavy atom. The highest BCUT2D eigenvalue weighted by atomic mass is 32.2. The Balaban J connectivity index is 1.46. The third-order valence-corrected chi connectivity index (χ3v) is 5.68. The van der Waals surface area contributed by atoms with E-state index in [2.05, 4.69) is 15.4 Å². The normalized spacial score (nSPS) is 10.8. The van der Waals surface area contributed by atoms with E-state index in [9.17, 15) is 9.59 Å². The maximum Gasteiger partial charge on any atom is 0.357 e. The fourth-order valence-corrected chi connectivity index (χ4v) is 4.02. The third-order valence-electron chi connectivity index (χ3n) is 5.03. The molecule has 1 amide bonds. The number of rotatable bonds is 7. The topological polar surface area (TPSA) is 91.0 Å². The number of nitrogens with one attached hydrogen (secondary N) is 1. The molecule has 0 spiro atoms. The van der Waals surface area contributed by atoms with Gasteiger partial charge in [0.05, 0.1) is 29.0 Å². The van der Waals surface area contributed by atoms with Gasteiger partial charge in [-0.3, -0.25) is 9.36 Å². The number of amides is 1. The molecule has 0 radical (unpaired) electrons. The summed E-state index contributed by atoms with van der Waals surface area (Å²) in [4.78, 5) is 29.6. The Morgan fingerprint density at radius 3 is 2.27 bits per heavy atom. The molecule has 0 saturated heterocycles. The van der Waals surface area contributed by atoms with Crippen molar-refractivity contribution >= 4 is 29.3 Å². The summed E-state index contributed by atoms with van der Waals surface area (Å²) in [5, 5.41) is 7.98. The number of hydrogen-bond acceptors (Lipinski definition) is 6. The van der Waals surface area contributed by atoms with Crippen LogP contribution in [0.15, 0.2) is 72.0 Å². The molecule has 2 aromatic heterocycles. The van der Waals surface area contributed by atoms with Gasteiger partial charge in [0.1, 0.15) is 0 Å². The average Bonchev–Trinajstić information content (AvgIpc) is 3.40. The second-order valence-electron chi connectivity index (χ2n) is 7.22. The molecule has 2 heterocycles. The van der Waals surface area contributed by atoms with E-state index in [4.69, 9.17) is 4.74 Å². The quantitative estimate of drug-likeness (QED) is 0.328. The van der Waals surface area contributed by atoms with Gasteiger partial charge in [0.2, 0.25) is 0 Å². The van der Waals surface area contributed by atoms with Crippen LogP contribution < -0.4 is 5.32 Å². The molecule has 8 nitrogen and oxygen atoms in total. The number of carbonyl (C=O) groups is 2. The van der Waals surface area contributed by atoms with E-state index in [0.717, 1.165) is 17.1 Å². The first-order valence-corrected chi connectivity index (χ1v) is 11.5. The van der Waals surface area contributed by atoms with Crippen LogP contribution in [0.4, 0.5) is 5.69 Å². The largest absolute Gasteiger partial charge is 0.451 e. The number of ether oxygens (including phenoxy) is 1. The van der Waals surface area contributed by atoms with Gasteiger partial charge in [0.15, 0.2) is 17.5 Å². The highest BCUT2D eigenvalue weighted by molar-refractivity contribution is 7.98. The SMILES string of the molecule is CSc1ncc(C(=O)OCC(=O)Nc2c(C)nn(-c3ccccc3)c2C)n1-c1ccccc1. The molecular weight excluding hydrogens is 438 g/mol. The van der Waals surface area contributed by atoms with Crippen molar-refractivity contribution in [1.29, 1.82) is 0 Å². The predicted molar refractivity (Wildman–Crippen MR) is 127 cm³/mol. The van der Waals surface area contributed by atoms with Gasteiger partial charge in [-0.25, -0.2) is 14.5 Å². The van der Waals surface area contributed by atoms with Crippen LogP contribution in [0.5, 0.6) is 0 Å². The van der Waals surface area contributed by atoms with Crippen molar-refractivity contribution in [1.82, 2.24) is 19.3 Å². The summed E-state index contributed by atoms with van der Waals surface area (Å²) in [5.41, 5.74) is 3.98. The maximum atomic E-state index is 12.8. The number of hydrogen-bond donors (Lipinski definition) is 1. The van der Waals surface area contributed by atoms with E-state index in [1.165, 1.54) is 18.0 Å². The summed E-state index contributed by atoms with van der Waals surface area (Å²) in [7, 11) is 0. The lowest BCUT2D eigenvalue weighted by Gasteiger charge is -2.11. The molecule has 1 N–H and O–H groups in total. The number of para-hydroxylation sites is 2. The second kappa shape index (κ2) is 9.74. The standard InChI is InChI=1S/C24H23N5O3S/c1-16-22(17(2)29(27-16)19-12-8-5-9-13-19)26-21(30)15-32-23(31)20-14-25-24(33-3)28(20)18-10-6-4-7-11-18/h4-14H,15H2,1-3H3,(H,26,30). The number of thioether (sulfide) groups is 1. The van der Waals surface area contributed by atoms with Crippen molar-refractivity contribution in [2.75, 3.05) is 18.2 Å². The predicted octanol–water partition coefficient (Wildman–Crippen LogP) is 4.19. The molecule has 0 bridgehead atoms. The minimum atomic E-state index is -0.629. The summed E-state index contributed by atoms with van der Waals surface area (Å²) >= 11 is 1.41. The van der Waals surface area contributed by atoms with Crippen LogP contribution in [0.2, 0.25) is 0 Å². The molecular formula is C24H23N5O3S. The van der Waals surface area contributed by atoms with E-state index >= 15 is 0 Å². The van der Waals surface area contributed by atoms with Gasteiger partial charge in [-0.15, -0.1) is 0 Å². The molecule has 33 heavy (non-hydrogen) atoms. The number of benzene rings is 2. The van der Waals surface area contributed by atoms with Crippen molar-refractivity contribution in [3.63, 3.8) is 0 Å². The first kappa shape index (κ1) is 22.3. The molecule has 0 unspecified atom stereocenters. The van der Waals surface area contributed by atoms with Crippen LogP contribution in [0.25, 0.3) is 11.4 Å². The van der Waals surface area contributed by atoms with Gasteiger partial charge < -0.3 is 10.1 Å². The van der Waals surface area contributed by atoms with E-state index < -0.39 is 18.5 Å². The van der Waals surface area contributed by atoms with E-state index in [0.29, 0.717) is 16.5 Å². The minimum absolute atomic E-state index is 0.252. The number of aromatic nitrogens is 4. The summed E-state index contributed by atoms with van der Waals surface area (Å²) < 4.78 is 8.78. The number of aryl methyl sites for hydroxylation is 1. The molecule has 0 aliphatic rings. The Bertz CT molecular complexity index is 1280. The van der Waals surface area contributed by atoms with Crippen LogP contribution in [-0.2, 0) is 9.53 Å². The molecule has 0 saturated carbocycles. The molecule has 0 aliphatic heterocycles. The zero-order valence-electron chi connectivity index (χ0n) is 18.5. The van der Waals surface area contributed by atoms with Crippen LogP contribution in [0, 0.1) is 13.8 Å². The van der Waals surface area contributed by atoms with Crippen LogP contribution in [0.1, 0.15) is 21.9 Å². The summed E-state index contributed by atoms with van der Waals surface area (Å²) in [5.74, 6) is -1.08. The van der Waals surface area contributed by atoms with Crippen molar-refractivity contribution < 1.29 is 14.3 Å². The average molecular weight is 462 g/mol. The smallest absolute Gasteiger partial charge is 0.357 e. The van der Waals surface area contributed by atoms with Crippen molar-refractivity contribution in [3.05, 3.63) is 83.9 Å². The number of esters is 1. The van der Waals surface area contributed by atoms with Crippen molar-refractivity contribution in [3.8, 4) is 11.4 Å². The van der Waals surface area contributed by atoms with Gasteiger partial charge in [0.25, 0.3) is 5.91 Å². The zero-order chi connectivity index (χ0) is 23.4. The third kappa shape index (κ3) is 4.68. The monoisotopic (exact) mass is 461 g/mol. The lowest BCUT2D eigenvalue weighted by Crippen LogP contribution is -2.22. The molecule has 9 heteroatoms.